The summed E-state index contributed by atoms with van der Waals surface area (Å²) in [5.41, 5.74) is -0.367. The predicted molar refractivity (Wildman–Crippen MR) is 79.2 cm³/mol. The number of para-hydroxylation sites is 1. The topological polar surface area (TPSA) is 55.2 Å². The minimum absolute atomic E-state index is 0.255. The number of nitrogens with one attached hydrogen (secondary N) is 1. The summed E-state index contributed by atoms with van der Waals surface area (Å²) >= 11 is 3.23. The van der Waals surface area contributed by atoms with Crippen molar-refractivity contribution in [1.82, 2.24) is 0 Å². The molecule has 0 aliphatic heterocycles. The van der Waals surface area contributed by atoms with E-state index in [1.54, 1.807) is 13.0 Å². The Hall–Kier alpha value is -2.02. The molecule has 7 heteroatoms. The lowest BCUT2D eigenvalue weighted by molar-refractivity contribution is -0.384. The fourth-order valence-corrected chi connectivity index (χ4v) is 2.33. The number of nitrogens with zero attached hydrogens (tertiary/aromatic N) is 1. The molecule has 1 N–H and O–H groups in total. The van der Waals surface area contributed by atoms with Crippen LogP contribution in [-0.4, -0.2) is 4.92 Å². The normalized spacial score (nSPS) is 12.0. The molecule has 21 heavy (non-hydrogen) atoms. The molecule has 0 aliphatic carbocycles. The molecule has 0 saturated heterocycles. The molecule has 0 bridgehead atoms. The Morgan fingerprint density at radius 2 is 1.95 bits per heavy atom. The molecule has 2 aromatic rings. The molecule has 0 aliphatic rings. The number of rotatable bonds is 4. The van der Waals surface area contributed by atoms with Crippen molar-refractivity contribution in [3.05, 3.63) is 68.2 Å². The Balaban J connectivity index is 2.38. The minimum atomic E-state index is -0.758. The van der Waals surface area contributed by atoms with Crippen LogP contribution in [0.3, 0.4) is 0 Å². The summed E-state index contributed by atoms with van der Waals surface area (Å²) in [5, 5.41) is 13.6. The van der Waals surface area contributed by atoms with Gasteiger partial charge in [0, 0.05) is 16.1 Å². The van der Waals surface area contributed by atoms with Crippen molar-refractivity contribution in [3.63, 3.8) is 0 Å². The van der Waals surface area contributed by atoms with Gasteiger partial charge in [0.2, 0.25) is 0 Å². The van der Waals surface area contributed by atoms with E-state index in [1.165, 1.54) is 24.3 Å². The minimum Gasteiger partial charge on any atom is -0.370 e. The third-order valence-electron chi connectivity index (χ3n) is 2.97. The smallest absolute Gasteiger partial charge is 0.295 e. The Labute approximate surface area is 128 Å². The lowest BCUT2D eigenvalue weighted by atomic mass is 10.1. The number of anilines is 1. The first kappa shape index (κ1) is 15.4. The zero-order valence-corrected chi connectivity index (χ0v) is 12.5. The number of nitro benzene ring substituents is 1. The van der Waals surface area contributed by atoms with Crippen LogP contribution in [0.1, 0.15) is 18.5 Å². The molecule has 1 atom stereocenters. The van der Waals surface area contributed by atoms with Gasteiger partial charge in [0.1, 0.15) is 11.5 Å². The summed E-state index contributed by atoms with van der Waals surface area (Å²) in [6.07, 6.45) is 0. The summed E-state index contributed by atoms with van der Waals surface area (Å²) in [7, 11) is 0. The summed E-state index contributed by atoms with van der Waals surface area (Å²) in [5.74, 6) is -1.23. The molecule has 0 radical (unpaired) electrons. The van der Waals surface area contributed by atoms with Crippen LogP contribution >= 0.6 is 15.9 Å². The van der Waals surface area contributed by atoms with Gasteiger partial charge in [-0.05, 0) is 31.2 Å². The fraction of sp³-hybridized carbons (Fsp3) is 0.143. The van der Waals surface area contributed by atoms with Crippen molar-refractivity contribution >= 4 is 27.3 Å². The van der Waals surface area contributed by atoms with Gasteiger partial charge in [-0.1, -0.05) is 22.0 Å². The molecule has 2 aromatic carbocycles. The van der Waals surface area contributed by atoms with Gasteiger partial charge in [0.15, 0.2) is 5.82 Å². The van der Waals surface area contributed by atoms with Crippen molar-refractivity contribution < 1.29 is 13.7 Å². The summed E-state index contributed by atoms with van der Waals surface area (Å²) in [6, 6.07) is 7.26. The Kier molecular flexibility index (Phi) is 4.52. The second-order valence-electron chi connectivity index (χ2n) is 4.42. The maximum absolute atomic E-state index is 13.8. The highest BCUT2D eigenvalue weighted by molar-refractivity contribution is 9.10. The summed E-state index contributed by atoms with van der Waals surface area (Å²) < 4.78 is 28.3. The van der Waals surface area contributed by atoms with Gasteiger partial charge in [-0.25, -0.2) is 8.78 Å². The average molecular weight is 357 g/mol. The molecule has 110 valence electrons. The van der Waals surface area contributed by atoms with Crippen LogP contribution in [0.5, 0.6) is 0 Å². The molecule has 2 rings (SSSR count). The Morgan fingerprint density at radius 3 is 2.62 bits per heavy atom. The number of nitro groups is 1. The molecule has 0 heterocycles. The van der Waals surface area contributed by atoms with Crippen LogP contribution in [0.2, 0.25) is 0 Å². The van der Waals surface area contributed by atoms with E-state index in [1.807, 2.05) is 0 Å². The molecule has 0 spiro atoms. The second kappa shape index (κ2) is 6.17. The second-order valence-corrected chi connectivity index (χ2v) is 5.34. The largest absolute Gasteiger partial charge is 0.370 e. The van der Waals surface area contributed by atoms with Crippen LogP contribution in [0.15, 0.2) is 40.9 Å². The van der Waals surface area contributed by atoms with E-state index in [0.717, 1.165) is 6.07 Å². The third-order valence-corrected chi connectivity index (χ3v) is 3.47. The summed E-state index contributed by atoms with van der Waals surface area (Å²) in [6.45, 7) is 1.60. The standard InChI is InChI=1S/C14H11BrF2N2O2/c1-8(10-7-9(15)5-6-11(10)16)18-14-12(17)3-2-4-13(14)19(20)21/h2-8,18H,1H3. The zero-order valence-electron chi connectivity index (χ0n) is 10.9. The predicted octanol–water partition coefficient (Wildman–Crippen LogP) is 4.81. The van der Waals surface area contributed by atoms with Gasteiger partial charge in [-0.3, -0.25) is 10.1 Å². The molecular formula is C14H11BrF2N2O2. The maximum atomic E-state index is 13.8. The lowest BCUT2D eigenvalue weighted by Gasteiger charge is -2.17. The highest BCUT2D eigenvalue weighted by atomic mass is 79.9. The molecule has 0 fully saturated rings. The molecule has 4 nitrogen and oxygen atoms in total. The average Bonchev–Trinajstić information content (AvgIpc) is 2.43. The van der Waals surface area contributed by atoms with E-state index in [0.29, 0.717) is 4.47 Å². The van der Waals surface area contributed by atoms with Gasteiger partial charge < -0.3 is 5.32 Å². The molecular weight excluding hydrogens is 346 g/mol. The van der Waals surface area contributed by atoms with E-state index < -0.39 is 28.3 Å². The van der Waals surface area contributed by atoms with Gasteiger partial charge in [-0.15, -0.1) is 0 Å². The number of halogens is 3. The first-order valence-electron chi connectivity index (χ1n) is 6.04. The van der Waals surface area contributed by atoms with Crippen LogP contribution < -0.4 is 5.32 Å². The molecule has 0 amide bonds. The highest BCUT2D eigenvalue weighted by Crippen LogP contribution is 2.31. The fourth-order valence-electron chi connectivity index (χ4n) is 1.95. The molecule has 0 aromatic heterocycles. The Morgan fingerprint density at radius 1 is 1.24 bits per heavy atom. The van der Waals surface area contributed by atoms with Crippen molar-refractivity contribution in [2.24, 2.45) is 0 Å². The van der Waals surface area contributed by atoms with Crippen molar-refractivity contribution in [2.45, 2.75) is 13.0 Å². The first-order chi connectivity index (χ1) is 9.90. The van der Waals surface area contributed by atoms with Crippen molar-refractivity contribution in [2.75, 3.05) is 5.32 Å². The molecule has 0 saturated carbocycles. The number of hydrogen-bond donors (Lipinski definition) is 1. The Bertz CT molecular complexity index is 695. The number of benzene rings is 2. The van der Waals surface area contributed by atoms with Gasteiger partial charge >= 0.3 is 0 Å². The SMILES string of the molecule is CC(Nc1c(F)cccc1[N+](=O)[O-])c1cc(Br)ccc1F. The van der Waals surface area contributed by atoms with Gasteiger partial charge in [0.05, 0.1) is 11.0 Å². The van der Waals surface area contributed by atoms with E-state index in [-0.39, 0.29) is 11.3 Å². The summed E-state index contributed by atoms with van der Waals surface area (Å²) in [4.78, 5) is 10.2. The van der Waals surface area contributed by atoms with E-state index >= 15 is 0 Å². The van der Waals surface area contributed by atoms with Crippen LogP contribution in [-0.2, 0) is 0 Å². The third kappa shape index (κ3) is 3.36. The number of hydrogen-bond acceptors (Lipinski definition) is 3. The van der Waals surface area contributed by atoms with Crippen molar-refractivity contribution in [1.29, 1.82) is 0 Å². The van der Waals surface area contributed by atoms with E-state index in [2.05, 4.69) is 21.2 Å². The lowest BCUT2D eigenvalue weighted by Crippen LogP contribution is -2.11. The highest BCUT2D eigenvalue weighted by Gasteiger charge is 2.21. The van der Waals surface area contributed by atoms with Crippen LogP contribution in [0.4, 0.5) is 20.2 Å². The van der Waals surface area contributed by atoms with Crippen LogP contribution in [0.25, 0.3) is 0 Å². The van der Waals surface area contributed by atoms with Crippen molar-refractivity contribution in [3.8, 4) is 0 Å². The van der Waals surface area contributed by atoms with E-state index in [9.17, 15) is 18.9 Å². The monoisotopic (exact) mass is 356 g/mol. The van der Waals surface area contributed by atoms with Crippen LogP contribution in [0, 0.1) is 21.7 Å². The van der Waals surface area contributed by atoms with Gasteiger partial charge in [-0.2, -0.15) is 0 Å². The zero-order chi connectivity index (χ0) is 15.6. The van der Waals surface area contributed by atoms with E-state index in [4.69, 9.17) is 0 Å². The molecule has 1 unspecified atom stereocenters. The quantitative estimate of drug-likeness (QED) is 0.631. The van der Waals surface area contributed by atoms with Gasteiger partial charge in [0.25, 0.3) is 5.69 Å². The first-order valence-corrected chi connectivity index (χ1v) is 6.84. The maximum Gasteiger partial charge on any atom is 0.295 e.